The van der Waals surface area contributed by atoms with Gasteiger partial charge in [0.05, 0.1) is 6.54 Å². The second-order valence-corrected chi connectivity index (χ2v) is 5.07. The highest BCUT2D eigenvalue weighted by atomic mass is 16.4. The summed E-state index contributed by atoms with van der Waals surface area (Å²) in [5.74, 6) is -0.542. The summed E-state index contributed by atoms with van der Waals surface area (Å²) in [6.45, 7) is 1.44. The molecule has 0 fully saturated rings. The molecule has 1 aliphatic rings. The first-order valence-corrected chi connectivity index (χ1v) is 6.47. The number of rotatable bonds is 3. The van der Waals surface area contributed by atoms with E-state index in [-0.39, 0.29) is 12.3 Å². The highest BCUT2D eigenvalue weighted by Crippen LogP contribution is 2.29. The summed E-state index contributed by atoms with van der Waals surface area (Å²) >= 11 is 0. The summed E-state index contributed by atoms with van der Waals surface area (Å²) in [7, 11) is 0. The first kappa shape index (κ1) is 12.7. The SMILES string of the molecule is O=C(O)CN1Cc2ccc(-c3ccc(O)cc3)cc2C1. The number of aromatic hydroxyl groups is 1. The van der Waals surface area contributed by atoms with Crippen LogP contribution >= 0.6 is 0 Å². The van der Waals surface area contributed by atoms with E-state index in [4.69, 9.17) is 5.11 Å². The first-order valence-electron chi connectivity index (χ1n) is 6.47. The Kier molecular flexibility index (Phi) is 3.16. The normalized spacial score (nSPS) is 14.2. The molecule has 0 atom stereocenters. The van der Waals surface area contributed by atoms with Crippen molar-refractivity contribution in [1.29, 1.82) is 0 Å². The third-order valence-electron chi connectivity index (χ3n) is 3.55. The van der Waals surface area contributed by atoms with Gasteiger partial charge in [0.1, 0.15) is 5.75 Å². The van der Waals surface area contributed by atoms with E-state index in [1.165, 1.54) is 11.1 Å². The van der Waals surface area contributed by atoms with Crippen LogP contribution < -0.4 is 0 Å². The van der Waals surface area contributed by atoms with E-state index >= 15 is 0 Å². The van der Waals surface area contributed by atoms with E-state index in [1.54, 1.807) is 12.1 Å². The minimum absolute atomic E-state index is 0.0726. The average Bonchev–Trinajstić information content (AvgIpc) is 2.79. The van der Waals surface area contributed by atoms with Crippen molar-refractivity contribution < 1.29 is 15.0 Å². The molecule has 0 amide bonds. The fraction of sp³-hybridized carbons (Fsp3) is 0.188. The van der Waals surface area contributed by atoms with Crippen molar-refractivity contribution in [1.82, 2.24) is 4.90 Å². The Balaban J connectivity index is 1.85. The number of phenolic OH excluding ortho intramolecular Hbond substituents is 1. The topological polar surface area (TPSA) is 60.8 Å². The lowest BCUT2D eigenvalue weighted by atomic mass is 10.0. The molecule has 0 spiro atoms. The number of nitrogens with zero attached hydrogens (tertiary/aromatic N) is 1. The van der Waals surface area contributed by atoms with Crippen LogP contribution in [0.2, 0.25) is 0 Å². The van der Waals surface area contributed by atoms with E-state index in [9.17, 15) is 9.90 Å². The fourth-order valence-electron chi connectivity index (χ4n) is 2.60. The van der Waals surface area contributed by atoms with Crippen LogP contribution in [-0.4, -0.2) is 27.6 Å². The number of hydrogen-bond acceptors (Lipinski definition) is 3. The van der Waals surface area contributed by atoms with Gasteiger partial charge in [0.2, 0.25) is 0 Å². The van der Waals surface area contributed by atoms with Crippen LogP contribution in [0.15, 0.2) is 42.5 Å². The van der Waals surface area contributed by atoms with Crippen molar-refractivity contribution in [3.05, 3.63) is 53.6 Å². The van der Waals surface area contributed by atoms with Crippen molar-refractivity contribution in [2.75, 3.05) is 6.54 Å². The molecule has 2 N–H and O–H groups in total. The maximum absolute atomic E-state index is 10.8. The van der Waals surface area contributed by atoms with Crippen LogP contribution in [-0.2, 0) is 17.9 Å². The van der Waals surface area contributed by atoms with Gasteiger partial charge in [-0.05, 0) is 40.5 Å². The molecule has 2 aromatic carbocycles. The third kappa shape index (κ3) is 2.51. The van der Waals surface area contributed by atoms with E-state index in [1.807, 2.05) is 23.1 Å². The Hall–Kier alpha value is -2.33. The zero-order valence-corrected chi connectivity index (χ0v) is 10.9. The monoisotopic (exact) mass is 269 g/mol. The lowest BCUT2D eigenvalue weighted by Gasteiger charge is -2.10. The Morgan fingerprint density at radius 3 is 2.35 bits per heavy atom. The Morgan fingerprint density at radius 2 is 1.65 bits per heavy atom. The fourth-order valence-corrected chi connectivity index (χ4v) is 2.60. The Labute approximate surface area is 116 Å². The number of aliphatic carboxylic acids is 1. The van der Waals surface area contributed by atoms with Crippen LogP contribution in [0.3, 0.4) is 0 Å². The predicted molar refractivity (Wildman–Crippen MR) is 75.3 cm³/mol. The number of carboxylic acids is 1. The number of phenols is 1. The number of carbonyl (C=O) groups is 1. The molecule has 1 heterocycles. The highest BCUT2D eigenvalue weighted by molar-refractivity contribution is 5.69. The smallest absolute Gasteiger partial charge is 0.317 e. The molecular weight excluding hydrogens is 254 g/mol. The van der Waals surface area contributed by atoms with Crippen LogP contribution in [0.4, 0.5) is 0 Å². The third-order valence-corrected chi connectivity index (χ3v) is 3.55. The standard InChI is InChI=1S/C16H15NO3/c18-15-5-3-11(4-6-15)12-1-2-13-8-17(10-16(19)20)9-14(13)7-12/h1-7,18H,8-10H2,(H,19,20). The number of hydrogen-bond donors (Lipinski definition) is 2. The molecule has 0 radical (unpaired) electrons. The maximum atomic E-state index is 10.8. The largest absolute Gasteiger partial charge is 0.508 e. The van der Waals surface area contributed by atoms with Gasteiger partial charge in [0, 0.05) is 13.1 Å². The predicted octanol–water partition coefficient (Wildman–Crippen LogP) is 2.46. The van der Waals surface area contributed by atoms with Crippen molar-refractivity contribution in [3.63, 3.8) is 0 Å². The molecular formula is C16H15NO3. The molecule has 0 saturated heterocycles. The summed E-state index contributed by atoms with van der Waals surface area (Å²) in [4.78, 5) is 12.7. The second kappa shape index (κ2) is 4.98. The maximum Gasteiger partial charge on any atom is 0.317 e. The van der Waals surface area contributed by atoms with Gasteiger partial charge in [-0.15, -0.1) is 0 Å². The summed E-state index contributed by atoms with van der Waals surface area (Å²) in [5, 5.41) is 18.2. The molecule has 20 heavy (non-hydrogen) atoms. The van der Waals surface area contributed by atoms with Gasteiger partial charge in [-0.3, -0.25) is 9.69 Å². The Bertz CT molecular complexity index is 649. The number of fused-ring (bicyclic) bond motifs is 1. The summed E-state index contributed by atoms with van der Waals surface area (Å²) in [5.41, 5.74) is 4.49. The molecule has 0 aromatic heterocycles. The van der Waals surface area contributed by atoms with Gasteiger partial charge < -0.3 is 10.2 Å². The van der Waals surface area contributed by atoms with Crippen LogP contribution in [0.5, 0.6) is 5.75 Å². The Morgan fingerprint density at radius 1 is 1.00 bits per heavy atom. The summed E-state index contributed by atoms with van der Waals surface area (Å²) in [6.07, 6.45) is 0. The van der Waals surface area contributed by atoms with Crippen LogP contribution in [0.1, 0.15) is 11.1 Å². The summed E-state index contributed by atoms with van der Waals surface area (Å²) in [6, 6.07) is 13.3. The molecule has 0 aliphatic carbocycles. The van der Waals surface area contributed by atoms with Gasteiger partial charge >= 0.3 is 5.97 Å². The molecule has 0 bridgehead atoms. The zero-order chi connectivity index (χ0) is 14.1. The van der Waals surface area contributed by atoms with Crippen molar-refractivity contribution in [2.24, 2.45) is 0 Å². The second-order valence-electron chi connectivity index (χ2n) is 5.07. The van der Waals surface area contributed by atoms with Gasteiger partial charge in [-0.1, -0.05) is 24.3 Å². The van der Waals surface area contributed by atoms with Crippen molar-refractivity contribution >= 4 is 5.97 Å². The number of benzene rings is 2. The average molecular weight is 269 g/mol. The zero-order valence-electron chi connectivity index (χ0n) is 10.9. The van der Waals surface area contributed by atoms with Gasteiger partial charge in [0.15, 0.2) is 0 Å². The molecule has 2 aromatic rings. The van der Waals surface area contributed by atoms with Gasteiger partial charge in [-0.25, -0.2) is 0 Å². The molecule has 102 valence electrons. The molecule has 3 rings (SSSR count). The summed E-state index contributed by atoms with van der Waals surface area (Å²) < 4.78 is 0. The molecule has 4 nitrogen and oxygen atoms in total. The van der Waals surface area contributed by atoms with Crippen LogP contribution in [0, 0.1) is 0 Å². The minimum Gasteiger partial charge on any atom is -0.508 e. The lowest BCUT2D eigenvalue weighted by Crippen LogP contribution is -2.24. The minimum atomic E-state index is -0.795. The molecule has 0 saturated carbocycles. The van der Waals surface area contributed by atoms with Crippen molar-refractivity contribution in [2.45, 2.75) is 13.1 Å². The van der Waals surface area contributed by atoms with E-state index in [2.05, 4.69) is 12.1 Å². The van der Waals surface area contributed by atoms with E-state index in [0.717, 1.165) is 11.1 Å². The lowest BCUT2D eigenvalue weighted by molar-refractivity contribution is -0.138. The van der Waals surface area contributed by atoms with E-state index in [0.29, 0.717) is 13.1 Å². The first-order chi connectivity index (χ1) is 9.61. The molecule has 4 heteroatoms. The number of carboxylic acid groups (broad SMARTS) is 1. The van der Waals surface area contributed by atoms with Gasteiger partial charge in [0.25, 0.3) is 0 Å². The molecule has 0 unspecified atom stereocenters. The van der Waals surface area contributed by atoms with Crippen molar-refractivity contribution in [3.8, 4) is 16.9 Å². The quantitative estimate of drug-likeness (QED) is 0.898. The molecule has 1 aliphatic heterocycles. The van der Waals surface area contributed by atoms with Gasteiger partial charge in [-0.2, -0.15) is 0 Å². The highest BCUT2D eigenvalue weighted by Gasteiger charge is 2.20. The van der Waals surface area contributed by atoms with Crippen LogP contribution in [0.25, 0.3) is 11.1 Å². The van der Waals surface area contributed by atoms with E-state index < -0.39 is 5.97 Å².